The Morgan fingerprint density at radius 1 is 0.320 bits per heavy atom. The van der Waals surface area contributed by atoms with E-state index >= 15 is 0 Å². The van der Waals surface area contributed by atoms with Crippen LogP contribution in [0.5, 0.6) is 0 Å². The Hall–Kier alpha value is 1.10. The van der Waals surface area contributed by atoms with E-state index in [1.54, 1.807) is 48.2 Å². The molecule has 0 aliphatic rings. The van der Waals surface area contributed by atoms with Crippen molar-refractivity contribution in [2.75, 3.05) is 0 Å². The fraction of sp³-hybridized carbons (Fsp3) is 1.00. The average Bonchev–Trinajstić information content (AvgIpc) is 2.63. The summed E-state index contributed by atoms with van der Waals surface area (Å²) in [6, 6.07) is 0. The molecule has 0 heterocycles. The van der Waals surface area contributed by atoms with E-state index in [0.717, 1.165) is 0 Å². The normalized spacial score (nSPS) is 11.2. The van der Waals surface area contributed by atoms with Crippen LogP contribution in [-0.2, 0) is 27.4 Å². The fourth-order valence-corrected chi connectivity index (χ4v) is 12.6. The zero-order valence-electron chi connectivity index (χ0n) is 18.4. The Bertz CT molecular complexity index is 188. The van der Waals surface area contributed by atoms with Crippen LogP contribution in [0, 0.1) is 0 Å². The molecule has 0 fully saturated rings. The summed E-state index contributed by atoms with van der Waals surface area (Å²) < 4.78 is 5.20. The van der Waals surface area contributed by atoms with Gasteiger partial charge in [-0.05, 0) is 0 Å². The molecule has 0 aromatic heterocycles. The van der Waals surface area contributed by atoms with E-state index in [2.05, 4.69) is 20.8 Å². The minimum absolute atomic E-state index is 1.16. The van der Waals surface area contributed by atoms with Crippen molar-refractivity contribution in [3.05, 3.63) is 0 Å². The standard InChI is InChI=1S/3C8H17.Y/c3*1-3-5-7-8-6-4-2;/h3*1,3-8H2,2H3;. The molecule has 0 aliphatic carbocycles. The van der Waals surface area contributed by atoms with Crippen LogP contribution in [0.15, 0.2) is 0 Å². The summed E-state index contributed by atoms with van der Waals surface area (Å²) in [5.74, 6) is 0. The molecule has 0 aromatic rings. The fourth-order valence-electron chi connectivity index (χ4n) is 4.07. The van der Waals surface area contributed by atoms with Crippen LogP contribution in [0.4, 0.5) is 0 Å². The maximum absolute atomic E-state index is 2.33. The number of unbranched alkanes of at least 4 members (excludes halogenated alkanes) is 15. The zero-order chi connectivity index (χ0) is 18.4. The van der Waals surface area contributed by atoms with Crippen molar-refractivity contribution in [1.82, 2.24) is 0 Å². The molecule has 150 valence electrons. The maximum atomic E-state index is 2.33. The van der Waals surface area contributed by atoms with E-state index in [0.29, 0.717) is 0 Å². The second-order valence-electron chi connectivity index (χ2n) is 8.54. The molecule has 0 rings (SSSR count). The Morgan fingerprint density at radius 3 is 0.840 bits per heavy atom. The molecule has 0 unspecified atom stereocenters. The van der Waals surface area contributed by atoms with Gasteiger partial charge in [-0.25, -0.2) is 0 Å². The molecule has 0 saturated carbocycles. The first-order chi connectivity index (χ1) is 12.3. The first kappa shape index (κ1) is 26.1. The van der Waals surface area contributed by atoms with E-state index in [4.69, 9.17) is 0 Å². The minimum atomic E-state index is -1.16. The Balaban J connectivity index is 3.76. The SMILES string of the molecule is CCCCCCC[CH2][Y]([CH2]CCCCCCC)[CH2]CCCCCCC. The Morgan fingerprint density at radius 2 is 0.560 bits per heavy atom. The molecule has 0 atom stereocenters. The molecule has 0 N–H and O–H groups in total. The Labute approximate surface area is 172 Å². The van der Waals surface area contributed by atoms with Gasteiger partial charge in [0.1, 0.15) is 0 Å². The van der Waals surface area contributed by atoms with Gasteiger partial charge in [-0.1, -0.05) is 0 Å². The van der Waals surface area contributed by atoms with Crippen LogP contribution in [0.1, 0.15) is 136 Å². The second kappa shape index (κ2) is 23.1. The van der Waals surface area contributed by atoms with Crippen LogP contribution in [0.25, 0.3) is 0 Å². The zero-order valence-corrected chi connectivity index (χ0v) is 21.3. The topological polar surface area (TPSA) is 0 Å². The van der Waals surface area contributed by atoms with Crippen molar-refractivity contribution in [1.29, 1.82) is 0 Å². The molecule has 25 heavy (non-hydrogen) atoms. The molecule has 0 radical (unpaired) electrons. The summed E-state index contributed by atoms with van der Waals surface area (Å²) in [7, 11) is 0. The third kappa shape index (κ3) is 21.3. The van der Waals surface area contributed by atoms with E-state index in [1.807, 2.05) is 0 Å². The molecule has 0 bridgehead atoms. The van der Waals surface area contributed by atoms with Gasteiger partial charge in [-0.3, -0.25) is 0 Å². The van der Waals surface area contributed by atoms with Crippen LogP contribution in [-0.4, -0.2) is 0 Å². The number of rotatable bonds is 21. The molecule has 0 spiro atoms. The third-order valence-electron chi connectivity index (χ3n) is 5.90. The van der Waals surface area contributed by atoms with Crippen molar-refractivity contribution in [2.24, 2.45) is 0 Å². The molecule has 0 amide bonds. The summed E-state index contributed by atoms with van der Waals surface area (Å²) in [5.41, 5.74) is 0. The van der Waals surface area contributed by atoms with Gasteiger partial charge in [0.05, 0.1) is 0 Å². The predicted octanol–water partition coefficient (Wildman–Crippen LogP) is 9.94. The van der Waals surface area contributed by atoms with Crippen LogP contribution >= 0.6 is 0 Å². The van der Waals surface area contributed by atoms with Crippen molar-refractivity contribution in [3.8, 4) is 0 Å². The summed E-state index contributed by atoms with van der Waals surface area (Å²) in [6.45, 7) is 6.98. The number of hydrogen-bond acceptors (Lipinski definition) is 0. The van der Waals surface area contributed by atoms with Gasteiger partial charge in [0.2, 0.25) is 0 Å². The Kier molecular flexibility index (Phi) is 24.2. The van der Waals surface area contributed by atoms with E-state index in [9.17, 15) is 0 Å². The van der Waals surface area contributed by atoms with Crippen LogP contribution in [0.2, 0.25) is 9.69 Å². The van der Waals surface area contributed by atoms with Crippen LogP contribution in [0.3, 0.4) is 0 Å². The van der Waals surface area contributed by atoms with Gasteiger partial charge in [-0.2, -0.15) is 0 Å². The van der Waals surface area contributed by atoms with Gasteiger partial charge in [0.15, 0.2) is 0 Å². The first-order valence-corrected chi connectivity index (χ1v) is 18.4. The van der Waals surface area contributed by atoms with Crippen molar-refractivity contribution < 1.29 is 27.4 Å². The average molecular weight is 429 g/mol. The van der Waals surface area contributed by atoms with Gasteiger partial charge in [0, 0.05) is 0 Å². The monoisotopic (exact) mass is 428 g/mol. The van der Waals surface area contributed by atoms with E-state index in [1.165, 1.54) is 77.0 Å². The quantitative estimate of drug-likeness (QED) is 0.160. The molecular formula is C24H51Y. The van der Waals surface area contributed by atoms with E-state index in [-0.39, 0.29) is 0 Å². The summed E-state index contributed by atoms with van der Waals surface area (Å²) in [4.78, 5) is 0. The van der Waals surface area contributed by atoms with Crippen LogP contribution < -0.4 is 0 Å². The summed E-state index contributed by atoms with van der Waals surface area (Å²) in [6.07, 6.45) is 27.0. The van der Waals surface area contributed by atoms with E-state index < -0.39 is 27.4 Å². The first-order valence-electron chi connectivity index (χ1n) is 12.3. The summed E-state index contributed by atoms with van der Waals surface area (Å²) >= 11 is -1.16. The van der Waals surface area contributed by atoms with Gasteiger partial charge < -0.3 is 0 Å². The molecule has 0 saturated heterocycles. The predicted molar refractivity (Wildman–Crippen MR) is 115 cm³/mol. The second-order valence-corrected chi connectivity index (χ2v) is 17.1. The van der Waals surface area contributed by atoms with Gasteiger partial charge in [0.25, 0.3) is 0 Å². The molecule has 0 aromatic carbocycles. The molecule has 0 aliphatic heterocycles. The van der Waals surface area contributed by atoms with Crippen molar-refractivity contribution in [3.63, 3.8) is 0 Å². The van der Waals surface area contributed by atoms with Gasteiger partial charge >= 0.3 is 173 Å². The molecule has 0 nitrogen and oxygen atoms in total. The molecular weight excluding hydrogens is 377 g/mol. The van der Waals surface area contributed by atoms with Crippen molar-refractivity contribution >= 4 is 0 Å². The molecule has 1 heteroatoms. The number of hydrogen-bond donors (Lipinski definition) is 0. The van der Waals surface area contributed by atoms with Crippen molar-refractivity contribution in [2.45, 2.75) is 146 Å². The summed E-state index contributed by atoms with van der Waals surface area (Å²) in [5, 5.41) is 0. The van der Waals surface area contributed by atoms with Gasteiger partial charge in [-0.15, -0.1) is 0 Å². The third-order valence-corrected chi connectivity index (χ3v) is 14.9.